The first-order valence-electron chi connectivity index (χ1n) is 17.2. The molecule has 0 spiro atoms. The maximum Gasteiger partial charge on any atom is 0.306 e. The van der Waals surface area contributed by atoms with Crippen LogP contribution in [0.5, 0.6) is 0 Å². The van der Waals surface area contributed by atoms with Crippen LogP contribution in [0, 0.1) is 0 Å². The molecule has 1 atom stereocenters. The average molecular weight is 575 g/mol. The minimum absolute atomic E-state index is 0.182. The summed E-state index contributed by atoms with van der Waals surface area (Å²) in [6.07, 6.45) is 42.8. The minimum Gasteiger partial charge on any atom is -0.457 e. The maximum absolute atomic E-state index is 12.1. The molecule has 0 amide bonds. The van der Waals surface area contributed by atoms with Crippen LogP contribution >= 0.6 is 0 Å². The van der Waals surface area contributed by atoms with Crippen LogP contribution in [0.1, 0.15) is 155 Å². The standard InChI is InChI=1S/C37H66O4/c1-3-5-7-9-11-13-15-17-18-19-21-23-25-27-29-31-33-40-35-36(34-38)41-37(39)32-30-28-26-24-22-20-16-14-12-10-8-6-4-2/h5,7,11,13-14,16-18,36,38H,3-4,6,8-10,12,15,19-35H2,1-2H3/b7-5-,13-11-,16-14-,18-17-. The van der Waals surface area contributed by atoms with E-state index in [9.17, 15) is 9.90 Å². The first kappa shape index (κ1) is 39.4. The summed E-state index contributed by atoms with van der Waals surface area (Å²) >= 11 is 0. The Balaban J connectivity index is 3.50. The first-order chi connectivity index (χ1) is 20.2. The van der Waals surface area contributed by atoms with Gasteiger partial charge in [-0.25, -0.2) is 0 Å². The maximum atomic E-state index is 12.1. The van der Waals surface area contributed by atoms with Crippen LogP contribution in [0.2, 0.25) is 0 Å². The third kappa shape index (κ3) is 32.7. The lowest BCUT2D eigenvalue weighted by atomic mass is 10.1. The second-order valence-corrected chi connectivity index (χ2v) is 11.2. The van der Waals surface area contributed by atoms with Crippen molar-refractivity contribution in [2.75, 3.05) is 19.8 Å². The fraction of sp³-hybridized carbons (Fsp3) is 0.757. The summed E-state index contributed by atoms with van der Waals surface area (Å²) in [7, 11) is 0. The summed E-state index contributed by atoms with van der Waals surface area (Å²) in [5.41, 5.74) is 0. The molecule has 0 aliphatic carbocycles. The molecule has 0 bridgehead atoms. The van der Waals surface area contributed by atoms with Gasteiger partial charge in [-0.3, -0.25) is 4.79 Å². The van der Waals surface area contributed by atoms with Gasteiger partial charge < -0.3 is 14.6 Å². The Kier molecular flexibility index (Phi) is 33.2. The SMILES string of the molecule is CC/C=C\C/C=C\C/C=C\CCCCCCCCOCC(CO)OC(=O)CCCCCCC/C=C\CCCCCC. The average Bonchev–Trinajstić information content (AvgIpc) is 2.98. The van der Waals surface area contributed by atoms with Crippen LogP contribution in [0.15, 0.2) is 48.6 Å². The van der Waals surface area contributed by atoms with Crippen LogP contribution in [0.4, 0.5) is 0 Å². The van der Waals surface area contributed by atoms with Crippen molar-refractivity contribution < 1.29 is 19.4 Å². The summed E-state index contributed by atoms with van der Waals surface area (Å²) in [5, 5.41) is 9.53. The van der Waals surface area contributed by atoms with E-state index < -0.39 is 6.10 Å². The van der Waals surface area contributed by atoms with Gasteiger partial charge in [0.2, 0.25) is 0 Å². The van der Waals surface area contributed by atoms with Crippen LogP contribution in [-0.4, -0.2) is 37.0 Å². The van der Waals surface area contributed by atoms with Crippen molar-refractivity contribution >= 4 is 5.97 Å². The van der Waals surface area contributed by atoms with Gasteiger partial charge in [-0.1, -0.05) is 127 Å². The highest BCUT2D eigenvalue weighted by Gasteiger charge is 2.13. The molecule has 1 N–H and O–H groups in total. The lowest BCUT2D eigenvalue weighted by Crippen LogP contribution is -2.27. The van der Waals surface area contributed by atoms with Crippen LogP contribution in [0.25, 0.3) is 0 Å². The van der Waals surface area contributed by atoms with Gasteiger partial charge in [0.15, 0.2) is 0 Å². The van der Waals surface area contributed by atoms with Crippen molar-refractivity contribution in [3.8, 4) is 0 Å². The Morgan fingerprint density at radius 3 is 1.68 bits per heavy atom. The number of esters is 1. The van der Waals surface area contributed by atoms with Crippen LogP contribution in [-0.2, 0) is 14.3 Å². The number of unbranched alkanes of at least 4 members (excludes halogenated alkanes) is 15. The molecule has 0 heterocycles. The molecular formula is C37H66O4. The van der Waals surface area contributed by atoms with Crippen molar-refractivity contribution in [3.63, 3.8) is 0 Å². The fourth-order valence-corrected chi connectivity index (χ4v) is 4.57. The predicted octanol–water partition coefficient (Wildman–Crippen LogP) is 10.8. The normalized spacial score (nSPS) is 13.0. The first-order valence-corrected chi connectivity index (χ1v) is 17.2. The number of hydrogen-bond acceptors (Lipinski definition) is 4. The second kappa shape index (κ2) is 34.6. The Hall–Kier alpha value is -1.65. The number of allylic oxidation sites excluding steroid dienone is 8. The molecule has 0 rings (SSSR count). The van der Waals surface area contributed by atoms with E-state index in [1.165, 1.54) is 83.5 Å². The minimum atomic E-state index is -0.544. The van der Waals surface area contributed by atoms with E-state index in [2.05, 4.69) is 62.5 Å². The summed E-state index contributed by atoms with van der Waals surface area (Å²) < 4.78 is 11.1. The van der Waals surface area contributed by atoms with E-state index in [4.69, 9.17) is 9.47 Å². The molecule has 0 aromatic heterocycles. The van der Waals surface area contributed by atoms with Crippen molar-refractivity contribution in [2.45, 2.75) is 161 Å². The highest BCUT2D eigenvalue weighted by molar-refractivity contribution is 5.69. The molecule has 0 aromatic rings. The summed E-state index contributed by atoms with van der Waals surface area (Å²) in [6, 6.07) is 0. The number of hydrogen-bond donors (Lipinski definition) is 1. The van der Waals surface area contributed by atoms with Crippen molar-refractivity contribution in [1.29, 1.82) is 0 Å². The zero-order valence-corrected chi connectivity index (χ0v) is 27.0. The highest BCUT2D eigenvalue weighted by Crippen LogP contribution is 2.11. The third-order valence-electron chi connectivity index (χ3n) is 7.14. The topological polar surface area (TPSA) is 55.8 Å². The molecular weight excluding hydrogens is 508 g/mol. The number of rotatable bonds is 31. The summed E-state index contributed by atoms with van der Waals surface area (Å²) in [5.74, 6) is -0.218. The number of carbonyl (C=O) groups is 1. The van der Waals surface area contributed by atoms with Gasteiger partial charge in [0, 0.05) is 13.0 Å². The number of aliphatic hydroxyl groups is 1. The lowest BCUT2D eigenvalue weighted by Gasteiger charge is -2.15. The zero-order chi connectivity index (χ0) is 29.9. The molecule has 4 nitrogen and oxygen atoms in total. The highest BCUT2D eigenvalue weighted by atomic mass is 16.6. The van der Waals surface area contributed by atoms with Crippen molar-refractivity contribution in [1.82, 2.24) is 0 Å². The quantitative estimate of drug-likeness (QED) is 0.0508. The van der Waals surface area contributed by atoms with E-state index in [1.54, 1.807) is 0 Å². The van der Waals surface area contributed by atoms with Gasteiger partial charge in [-0.15, -0.1) is 0 Å². The van der Waals surface area contributed by atoms with E-state index >= 15 is 0 Å². The smallest absolute Gasteiger partial charge is 0.306 e. The van der Waals surface area contributed by atoms with Gasteiger partial charge in [0.05, 0.1) is 13.2 Å². The Bertz CT molecular complexity index is 649. The molecule has 238 valence electrons. The second-order valence-electron chi connectivity index (χ2n) is 11.2. The van der Waals surface area contributed by atoms with Crippen LogP contribution in [0.3, 0.4) is 0 Å². The lowest BCUT2D eigenvalue weighted by molar-refractivity contribution is -0.154. The van der Waals surface area contributed by atoms with Gasteiger partial charge >= 0.3 is 5.97 Å². The Morgan fingerprint density at radius 2 is 1.10 bits per heavy atom. The van der Waals surface area contributed by atoms with Crippen molar-refractivity contribution in [2.24, 2.45) is 0 Å². The molecule has 0 fully saturated rings. The third-order valence-corrected chi connectivity index (χ3v) is 7.14. The number of carbonyl (C=O) groups excluding carboxylic acids is 1. The Labute approximate surface area is 254 Å². The van der Waals surface area contributed by atoms with E-state index in [1.807, 2.05) is 0 Å². The Morgan fingerprint density at radius 1 is 0.610 bits per heavy atom. The van der Waals surface area contributed by atoms with Crippen LogP contribution < -0.4 is 0 Å². The molecule has 0 aromatic carbocycles. The molecule has 4 heteroatoms. The number of ether oxygens (including phenoxy) is 2. The van der Waals surface area contributed by atoms with Gasteiger partial charge in [-0.2, -0.15) is 0 Å². The number of aliphatic hydroxyl groups excluding tert-OH is 1. The monoisotopic (exact) mass is 574 g/mol. The molecule has 0 saturated heterocycles. The van der Waals surface area contributed by atoms with E-state index in [0.29, 0.717) is 13.0 Å². The van der Waals surface area contributed by atoms with Crippen molar-refractivity contribution in [3.05, 3.63) is 48.6 Å². The van der Waals surface area contributed by atoms with Gasteiger partial charge in [0.1, 0.15) is 6.10 Å². The summed E-state index contributed by atoms with van der Waals surface area (Å²) in [4.78, 5) is 12.1. The molecule has 0 saturated carbocycles. The largest absolute Gasteiger partial charge is 0.457 e. The molecule has 0 aliphatic rings. The molecule has 0 aliphatic heterocycles. The van der Waals surface area contributed by atoms with E-state index in [0.717, 1.165) is 51.4 Å². The summed E-state index contributed by atoms with van der Waals surface area (Å²) in [6.45, 7) is 5.17. The fourth-order valence-electron chi connectivity index (χ4n) is 4.57. The molecule has 1 unspecified atom stereocenters. The van der Waals surface area contributed by atoms with E-state index in [-0.39, 0.29) is 19.2 Å². The van der Waals surface area contributed by atoms with Gasteiger partial charge in [-0.05, 0) is 70.6 Å². The van der Waals surface area contributed by atoms with Gasteiger partial charge in [0.25, 0.3) is 0 Å². The zero-order valence-electron chi connectivity index (χ0n) is 27.0. The molecule has 41 heavy (non-hydrogen) atoms. The predicted molar refractivity (Wildman–Crippen MR) is 177 cm³/mol. The molecule has 0 radical (unpaired) electrons.